The fourth-order valence-electron chi connectivity index (χ4n) is 1.48. The van der Waals surface area contributed by atoms with Crippen LogP contribution in [0.3, 0.4) is 0 Å². The van der Waals surface area contributed by atoms with Crippen molar-refractivity contribution in [3.8, 4) is 11.5 Å². The zero-order valence-corrected chi connectivity index (χ0v) is 11.7. The molecule has 0 aliphatic heterocycles. The van der Waals surface area contributed by atoms with Crippen molar-refractivity contribution in [1.29, 1.82) is 0 Å². The molecule has 19 heavy (non-hydrogen) atoms. The Labute approximate surface area is 121 Å². The van der Waals surface area contributed by atoms with E-state index in [2.05, 4.69) is 22.6 Å². The fourth-order valence-corrected chi connectivity index (χ4v) is 1.84. The lowest BCUT2D eigenvalue weighted by Gasteiger charge is -2.12. The van der Waals surface area contributed by atoms with Gasteiger partial charge in [0.15, 0.2) is 0 Å². The van der Waals surface area contributed by atoms with E-state index in [1.165, 1.54) is 12.1 Å². The average Bonchev–Trinajstić information content (AvgIpc) is 2.33. The van der Waals surface area contributed by atoms with Gasteiger partial charge in [-0.15, -0.1) is 0 Å². The van der Waals surface area contributed by atoms with Crippen molar-refractivity contribution >= 4 is 28.3 Å². The van der Waals surface area contributed by atoms with Crippen LogP contribution in [-0.2, 0) is 6.18 Å². The molecule has 0 fully saturated rings. The summed E-state index contributed by atoms with van der Waals surface area (Å²) >= 11 is 2.13. The lowest BCUT2D eigenvalue weighted by Crippen LogP contribution is -2.08. The maximum atomic E-state index is 12.7. The zero-order chi connectivity index (χ0) is 14.0. The second-order valence-electron chi connectivity index (χ2n) is 3.80. The van der Waals surface area contributed by atoms with Gasteiger partial charge in [-0.3, -0.25) is 0 Å². The minimum absolute atomic E-state index is 0.0998. The molecule has 0 saturated carbocycles. The van der Waals surface area contributed by atoms with Crippen molar-refractivity contribution in [2.45, 2.75) is 6.18 Å². The van der Waals surface area contributed by atoms with Crippen LogP contribution in [0, 0.1) is 3.57 Å². The molecule has 2 N–H and O–H groups in total. The first-order valence-corrected chi connectivity index (χ1v) is 6.34. The molecule has 2 aromatic rings. The Morgan fingerprint density at radius 3 is 2.11 bits per heavy atom. The maximum Gasteiger partial charge on any atom is 0.418 e. The minimum atomic E-state index is -4.49. The summed E-state index contributed by atoms with van der Waals surface area (Å²) in [5.74, 6) is 0.570. The average molecular weight is 379 g/mol. The molecular weight excluding hydrogens is 370 g/mol. The summed E-state index contributed by atoms with van der Waals surface area (Å²) in [6, 6.07) is 10.5. The van der Waals surface area contributed by atoms with E-state index >= 15 is 0 Å². The highest BCUT2D eigenvalue weighted by Crippen LogP contribution is 2.36. The molecule has 0 amide bonds. The highest BCUT2D eigenvalue weighted by Gasteiger charge is 2.33. The number of anilines is 1. The molecule has 6 heteroatoms. The summed E-state index contributed by atoms with van der Waals surface area (Å²) in [6.45, 7) is 0. The maximum absolute atomic E-state index is 12.7. The SMILES string of the molecule is Nc1ccc(Oc2ccc(I)cc2)cc1C(F)(F)F. The standard InChI is InChI=1S/C13H9F3INO/c14-13(15,16)11-7-10(5-6-12(11)18)19-9-3-1-8(17)2-4-9/h1-7H,18H2. The highest BCUT2D eigenvalue weighted by atomic mass is 127. The van der Waals surface area contributed by atoms with Gasteiger partial charge in [0, 0.05) is 9.26 Å². The Hall–Kier alpha value is -1.44. The van der Waals surface area contributed by atoms with Gasteiger partial charge in [0.05, 0.1) is 5.56 Å². The van der Waals surface area contributed by atoms with Crippen LogP contribution < -0.4 is 10.5 Å². The summed E-state index contributed by atoms with van der Waals surface area (Å²) in [5.41, 5.74) is 4.10. The Kier molecular flexibility index (Phi) is 3.88. The van der Waals surface area contributed by atoms with E-state index in [1.807, 2.05) is 0 Å². The number of nitrogens with two attached hydrogens (primary N) is 1. The molecule has 0 aliphatic rings. The topological polar surface area (TPSA) is 35.2 Å². The monoisotopic (exact) mass is 379 g/mol. The third-order valence-corrected chi connectivity index (χ3v) is 3.10. The molecule has 0 bridgehead atoms. The number of alkyl halides is 3. The van der Waals surface area contributed by atoms with Crippen molar-refractivity contribution < 1.29 is 17.9 Å². The number of halogens is 4. The molecule has 0 radical (unpaired) electrons. The van der Waals surface area contributed by atoms with Gasteiger partial charge in [-0.1, -0.05) is 0 Å². The van der Waals surface area contributed by atoms with E-state index in [-0.39, 0.29) is 11.4 Å². The van der Waals surface area contributed by atoms with Crippen LogP contribution in [0.4, 0.5) is 18.9 Å². The predicted octanol–water partition coefficient (Wildman–Crippen LogP) is 4.68. The van der Waals surface area contributed by atoms with Gasteiger partial charge in [0.25, 0.3) is 0 Å². The second kappa shape index (κ2) is 5.28. The van der Waals surface area contributed by atoms with Crippen LogP contribution in [0.1, 0.15) is 5.56 Å². The Balaban J connectivity index is 2.29. The van der Waals surface area contributed by atoms with E-state index < -0.39 is 11.7 Å². The molecular formula is C13H9F3INO. The first kappa shape index (κ1) is 14.0. The molecule has 0 atom stereocenters. The van der Waals surface area contributed by atoms with Crippen LogP contribution in [-0.4, -0.2) is 0 Å². The molecule has 0 aromatic heterocycles. The number of hydrogen-bond acceptors (Lipinski definition) is 2. The Bertz CT molecular complexity index is 581. The van der Waals surface area contributed by atoms with E-state index in [9.17, 15) is 13.2 Å². The summed E-state index contributed by atoms with van der Waals surface area (Å²) in [4.78, 5) is 0. The number of benzene rings is 2. The van der Waals surface area contributed by atoms with Gasteiger partial charge in [-0.25, -0.2) is 0 Å². The van der Waals surface area contributed by atoms with E-state index in [1.54, 1.807) is 24.3 Å². The van der Waals surface area contributed by atoms with Crippen LogP contribution in [0.2, 0.25) is 0 Å². The Morgan fingerprint density at radius 2 is 1.53 bits per heavy atom. The molecule has 100 valence electrons. The second-order valence-corrected chi connectivity index (χ2v) is 5.05. The first-order valence-electron chi connectivity index (χ1n) is 5.26. The molecule has 0 spiro atoms. The van der Waals surface area contributed by atoms with Crippen molar-refractivity contribution in [1.82, 2.24) is 0 Å². The molecule has 0 aliphatic carbocycles. The summed E-state index contributed by atoms with van der Waals surface area (Å²) < 4.78 is 44.4. The summed E-state index contributed by atoms with van der Waals surface area (Å²) in [6.07, 6.45) is -4.49. The van der Waals surface area contributed by atoms with E-state index in [4.69, 9.17) is 10.5 Å². The zero-order valence-electron chi connectivity index (χ0n) is 9.54. The minimum Gasteiger partial charge on any atom is -0.457 e. The van der Waals surface area contributed by atoms with E-state index in [0.717, 1.165) is 9.64 Å². The van der Waals surface area contributed by atoms with E-state index in [0.29, 0.717) is 5.75 Å². The largest absolute Gasteiger partial charge is 0.457 e. The van der Waals surface area contributed by atoms with Crippen LogP contribution in [0.25, 0.3) is 0 Å². The normalized spacial score (nSPS) is 11.4. The van der Waals surface area contributed by atoms with Gasteiger partial charge in [-0.2, -0.15) is 13.2 Å². The van der Waals surface area contributed by atoms with Gasteiger partial charge < -0.3 is 10.5 Å². The predicted molar refractivity (Wildman–Crippen MR) is 75.1 cm³/mol. The summed E-state index contributed by atoms with van der Waals surface area (Å²) in [5, 5.41) is 0. The lowest BCUT2D eigenvalue weighted by molar-refractivity contribution is -0.137. The lowest BCUT2D eigenvalue weighted by atomic mass is 10.1. The fraction of sp³-hybridized carbons (Fsp3) is 0.0769. The molecule has 2 rings (SSSR count). The van der Waals surface area contributed by atoms with Crippen LogP contribution in [0.5, 0.6) is 11.5 Å². The number of ether oxygens (including phenoxy) is 1. The van der Waals surface area contributed by atoms with Gasteiger partial charge >= 0.3 is 6.18 Å². The van der Waals surface area contributed by atoms with Crippen LogP contribution >= 0.6 is 22.6 Å². The van der Waals surface area contributed by atoms with Crippen molar-refractivity contribution in [2.75, 3.05) is 5.73 Å². The van der Waals surface area contributed by atoms with Gasteiger partial charge in [-0.05, 0) is 65.1 Å². The first-order chi connectivity index (χ1) is 8.86. The van der Waals surface area contributed by atoms with Crippen molar-refractivity contribution in [2.24, 2.45) is 0 Å². The number of nitrogen functional groups attached to an aromatic ring is 1. The quantitative estimate of drug-likeness (QED) is 0.607. The Morgan fingerprint density at radius 1 is 0.947 bits per heavy atom. The molecule has 0 heterocycles. The van der Waals surface area contributed by atoms with Crippen LogP contribution in [0.15, 0.2) is 42.5 Å². The van der Waals surface area contributed by atoms with Crippen molar-refractivity contribution in [3.63, 3.8) is 0 Å². The molecule has 2 aromatic carbocycles. The molecule has 0 unspecified atom stereocenters. The van der Waals surface area contributed by atoms with Gasteiger partial charge in [0.2, 0.25) is 0 Å². The number of rotatable bonds is 2. The third-order valence-electron chi connectivity index (χ3n) is 2.38. The van der Waals surface area contributed by atoms with Gasteiger partial charge in [0.1, 0.15) is 11.5 Å². The number of hydrogen-bond donors (Lipinski definition) is 1. The highest BCUT2D eigenvalue weighted by molar-refractivity contribution is 14.1. The molecule has 2 nitrogen and oxygen atoms in total. The molecule has 0 saturated heterocycles. The van der Waals surface area contributed by atoms with Crippen molar-refractivity contribution in [3.05, 3.63) is 51.6 Å². The smallest absolute Gasteiger partial charge is 0.418 e. The summed E-state index contributed by atoms with van der Waals surface area (Å²) in [7, 11) is 0. The third kappa shape index (κ3) is 3.52.